The summed E-state index contributed by atoms with van der Waals surface area (Å²) in [5.74, 6) is -0.827. The molecule has 2 aromatic carbocycles. The molecule has 0 saturated heterocycles. The monoisotopic (exact) mass is 418 g/mol. The summed E-state index contributed by atoms with van der Waals surface area (Å²) < 4.78 is 0. The number of nitrogens with two attached hydrogens (primary N) is 1. The molecule has 0 aliphatic carbocycles. The number of carbonyl (C=O) groups excluding carboxylic acids is 2. The molecular weight excluding hydrogens is 400 g/mol. The van der Waals surface area contributed by atoms with E-state index in [1.807, 2.05) is 36.6 Å². The minimum Gasteiger partial charge on any atom is -0.366 e. The summed E-state index contributed by atoms with van der Waals surface area (Å²) in [4.78, 5) is 28.5. The fraction of sp³-hybridized carbons (Fsp3) is 0.143. The van der Waals surface area contributed by atoms with Crippen molar-refractivity contribution in [3.8, 4) is 11.3 Å². The van der Waals surface area contributed by atoms with E-state index in [0.717, 1.165) is 11.3 Å². The predicted octanol–water partition coefficient (Wildman–Crippen LogP) is 4.09. The molecule has 3 aromatic rings. The van der Waals surface area contributed by atoms with Crippen molar-refractivity contribution < 1.29 is 9.59 Å². The SMILES string of the molecule is CC1=NN(c2nc(-c3ccc(C)cc3)cs2)C(=O)[C@@H]1N=Nc1ccc(C(N)=O)cc1. The summed E-state index contributed by atoms with van der Waals surface area (Å²) in [6, 6.07) is 13.6. The standard InChI is InChI=1S/C21H18N6O2S/c1-12-3-5-14(6-4-12)17-11-30-21(23-17)27-20(29)18(13(2)26-27)25-24-16-9-7-15(8-10-16)19(22)28/h3-11,18H,1-2H3,(H2,22,28)/t18-/m1/s1. The van der Waals surface area contributed by atoms with Crippen molar-refractivity contribution in [1.82, 2.24) is 4.98 Å². The Labute approximate surface area is 176 Å². The van der Waals surface area contributed by atoms with Crippen LogP contribution in [0.3, 0.4) is 0 Å². The topological polar surface area (TPSA) is 113 Å². The number of rotatable bonds is 5. The van der Waals surface area contributed by atoms with E-state index in [4.69, 9.17) is 5.73 Å². The van der Waals surface area contributed by atoms with Gasteiger partial charge in [0.05, 0.1) is 17.1 Å². The molecule has 0 unspecified atom stereocenters. The Morgan fingerprint density at radius 3 is 2.47 bits per heavy atom. The number of amides is 2. The Bertz CT molecular complexity index is 1160. The third-order valence-electron chi connectivity index (χ3n) is 4.56. The lowest BCUT2D eigenvalue weighted by Crippen LogP contribution is -2.29. The van der Waals surface area contributed by atoms with E-state index < -0.39 is 11.9 Å². The zero-order valence-electron chi connectivity index (χ0n) is 16.3. The minimum atomic E-state index is -0.812. The number of thiazole rings is 1. The third kappa shape index (κ3) is 3.87. The predicted molar refractivity (Wildman–Crippen MR) is 116 cm³/mol. The number of anilines is 1. The van der Waals surface area contributed by atoms with E-state index in [9.17, 15) is 9.59 Å². The molecule has 1 aliphatic rings. The maximum absolute atomic E-state index is 12.8. The molecule has 2 amide bonds. The zero-order chi connectivity index (χ0) is 21.3. The van der Waals surface area contributed by atoms with Crippen LogP contribution in [0.5, 0.6) is 0 Å². The first-order chi connectivity index (χ1) is 14.4. The van der Waals surface area contributed by atoms with Crippen molar-refractivity contribution in [1.29, 1.82) is 0 Å². The highest BCUT2D eigenvalue weighted by atomic mass is 32.1. The summed E-state index contributed by atoms with van der Waals surface area (Å²) in [6.07, 6.45) is 0. The first kappa shape index (κ1) is 19.6. The van der Waals surface area contributed by atoms with Crippen LogP contribution >= 0.6 is 11.3 Å². The van der Waals surface area contributed by atoms with E-state index >= 15 is 0 Å². The fourth-order valence-corrected chi connectivity index (χ4v) is 3.65. The van der Waals surface area contributed by atoms with Crippen molar-refractivity contribution in [3.63, 3.8) is 0 Å². The summed E-state index contributed by atoms with van der Waals surface area (Å²) in [7, 11) is 0. The van der Waals surface area contributed by atoms with Crippen LogP contribution in [0.4, 0.5) is 10.8 Å². The number of aryl methyl sites for hydroxylation is 1. The van der Waals surface area contributed by atoms with E-state index in [2.05, 4.69) is 20.3 Å². The molecule has 1 aliphatic heterocycles. The number of aromatic nitrogens is 1. The fourth-order valence-electron chi connectivity index (χ4n) is 2.86. The van der Waals surface area contributed by atoms with Crippen molar-refractivity contribution in [3.05, 3.63) is 65.0 Å². The highest BCUT2D eigenvalue weighted by molar-refractivity contribution is 7.14. The second-order valence-corrected chi connectivity index (χ2v) is 7.64. The summed E-state index contributed by atoms with van der Waals surface area (Å²) in [6.45, 7) is 3.75. The number of nitrogens with zero attached hydrogens (tertiary/aromatic N) is 5. The van der Waals surface area contributed by atoms with Gasteiger partial charge in [0.1, 0.15) is 0 Å². The first-order valence-electron chi connectivity index (χ1n) is 9.15. The van der Waals surface area contributed by atoms with Gasteiger partial charge in [0.25, 0.3) is 5.91 Å². The molecule has 0 saturated carbocycles. The molecule has 1 atom stereocenters. The van der Waals surface area contributed by atoms with Gasteiger partial charge in [-0.15, -0.1) is 11.3 Å². The molecule has 0 bridgehead atoms. The minimum absolute atomic E-state index is 0.310. The molecule has 0 fully saturated rings. The lowest BCUT2D eigenvalue weighted by atomic mass is 10.1. The third-order valence-corrected chi connectivity index (χ3v) is 5.37. The molecule has 4 rings (SSSR count). The van der Waals surface area contributed by atoms with Crippen LogP contribution in [0, 0.1) is 6.92 Å². The largest absolute Gasteiger partial charge is 0.366 e. The molecule has 0 spiro atoms. The summed E-state index contributed by atoms with van der Waals surface area (Å²) >= 11 is 1.34. The van der Waals surface area contributed by atoms with E-state index in [1.54, 1.807) is 31.2 Å². The Hall–Kier alpha value is -3.72. The number of hydrogen-bond acceptors (Lipinski definition) is 7. The van der Waals surface area contributed by atoms with Crippen LogP contribution in [0.25, 0.3) is 11.3 Å². The quantitative estimate of drug-likeness (QED) is 0.629. The van der Waals surface area contributed by atoms with Gasteiger partial charge in [-0.2, -0.15) is 20.3 Å². The van der Waals surface area contributed by atoms with Crippen LogP contribution < -0.4 is 10.7 Å². The van der Waals surface area contributed by atoms with Crippen molar-refractivity contribution in [2.24, 2.45) is 21.1 Å². The van der Waals surface area contributed by atoms with Gasteiger partial charge in [-0.3, -0.25) is 9.59 Å². The Morgan fingerprint density at radius 2 is 1.80 bits per heavy atom. The van der Waals surface area contributed by atoms with Crippen LogP contribution in [0.15, 0.2) is 69.2 Å². The highest BCUT2D eigenvalue weighted by Crippen LogP contribution is 2.30. The molecule has 2 heterocycles. The number of benzene rings is 2. The lowest BCUT2D eigenvalue weighted by Gasteiger charge is -2.08. The summed E-state index contributed by atoms with van der Waals surface area (Å²) in [5, 5.41) is 16.2. The maximum Gasteiger partial charge on any atom is 0.282 e. The van der Waals surface area contributed by atoms with E-state index in [0.29, 0.717) is 22.1 Å². The number of hydrogen-bond donors (Lipinski definition) is 1. The Morgan fingerprint density at radius 1 is 1.10 bits per heavy atom. The van der Waals surface area contributed by atoms with Crippen molar-refractivity contribution in [2.75, 3.05) is 5.01 Å². The average molecular weight is 418 g/mol. The number of primary amides is 1. The van der Waals surface area contributed by atoms with Crippen LogP contribution in [0.1, 0.15) is 22.8 Å². The first-order valence-corrected chi connectivity index (χ1v) is 10.0. The van der Waals surface area contributed by atoms with Crippen molar-refractivity contribution >= 4 is 39.7 Å². The van der Waals surface area contributed by atoms with Gasteiger partial charge in [0, 0.05) is 16.5 Å². The Kier molecular flexibility index (Phi) is 5.20. The normalized spacial score (nSPS) is 16.3. The number of carbonyl (C=O) groups is 2. The van der Waals surface area contributed by atoms with Gasteiger partial charge in [-0.25, -0.2) is 4.98 Å². The molecule has 1 aromatic heterocycles. The average Bonchev–Trinajstić information content (AvgIpc) is 3.32. The molecule has 8 nitrogen and oxygen atoms in total. The molecular formula is C21H18N6O2S. The zero-order valence-corrected chi connectivity index (χ0v) is 17.1. The van der Waals surface area contributed by atoms with Gasteiger partial charge < -0.3 is 5.73 Å². The Balaban J connectivity index is 1.51. The van der Waals surface area contributed by atoms with Gasteiger partial charge in [0.15, 0.2) is 6.04 Å². The van der Waals surface area contributed by atoms with Crippen molar-refractivity contribution in [2.45, 2.75) is 19.9 Å². The van der Waals surface area contributed by atoms with Gasteiger partial charge in [-0.1, -0.05) is 29.8 Å². The smallest absolute Gasteiger partial charge is 0.282 e. The van der Waals surface area contributed by atoms with Crippen LogP contribution in [0.2, 0.25) is 0 Å². The van der Waals surface area contributed by atoms with Gasteiger partial charge in [0.2, 0.25) is 11.0 Å². The number of hydrazone groups is 1. The van der Waals surface area contributed by atoms with Crippen LogP contribution in [-0.4, -0.2) is 28.6 Å². The van der Waals surface area contributed by atoms with Gasteiger partial charge in [-0.05, 0) is 38.1 Å². The second kappa shape index (κ2) is 7.96. The molecule has 2 N–H and O–H groups in total. The van der Waals surface area contributed by atoms with E-state index in [1.165, 1.54) is 21.9 Å². The number of azo groups is 1. The molecule has 0 radical (unpaired) electrons. The van der Waals surface area contributed by atoms with Crippen LogP contribution in [-0.2, 0) is 4.79 Å². The second-order valence-electron chi connectivity index (χ2n) is 6.80. The molecule has 9 heteroatoms. The molecule has 150 valence electrons. The van der Waals surface area contributed by atoms with E-state index in [-0.39, 0.29) is 5.91 Å². The summed E-state index contributed by atoms with van der Waals surface area (Å²) in [5.41, 5.74) is 9.58. The highest BCUT2D eigenvalue weighted by Gasteiger charge is 2.36. The maximum atomic E-state index is 12.8. The molecule has 30 heavy (non-hydrogen) atoms. The lowest BCUT2D eigenvalue weighted by molar-refractivity contribution is -0.117. The van der Waals surface area contributed by atoms with Gasteiger partial charge >= 0.3 is 0 Å².